The largest absolute Gasteiger partial charge is 0.480 e. The molecule has 2 aromatic rings. The Kier molecular flexibility index (Phi) is 3.64. The number of carboxylic acids is 1. The van der Waals surface area contributed by atoms with Crippen LogP contribution in [0.3, 0.4) is 0 Å². The van der Waals surface area contributed by atoms with Crippen molar-refractivity contribution in [3.63, 3.8) is 0 Å². The van der Waals surface area contributed by atoms with E-state index in [4.69, 9.17) is 5.11 Å². The van der Waals surface area contributed by atoms with E-state index >= 15 is 0 Å². The van der Waals surface area contributed by atoms with Gasteiger partial charge < -0.3 is 15.0 Å². The summed E-state index contributed by atoms with van der Waals surface area (Å²) in [7, 11) is 0. The second kappa shape index (κ2) is 5.60. The van der Waals surface area contributed by atoms with E-state index in [2.05, 4.69) is 4.98 Å². The molecule has 0 spiro atoms. The summed E-state index contributed by atoms with van der Waals surface area (Å²) >= 11 is 0. The summed E-state index contributed by atoms with van der Waals surface area (Å²) in [5.41, 5.74) is 1.35. The predicted molar refractivity (Wildman–Crippen MR) is 79.2 cm³/mol. The number of aromatic nitrogens is 1. The molecule has 21 heavy (non-hydrogen) atoms. The molecule has 1 fully saturated rings. The number of nitrogens with one attached hydrogen (secondary N) is 1. The van der Waals surface area contributed by atoms with Gasteiger partial charge in [-0.3, -0.25) is 9.59 Å². The van der Waals surface area contributed by atoms with Gasteiger partial charge in [0.05, 0.1) is 0 Å². The van der Waals surface area contributed by atoms with Gasteiger partial charge in [0.2, 0.25) is 0 Å². The van der Waals surface area contributed by atoms with Crippen LogP contribution in [0.25, 0.3) is 10.9 Å². The van der Waals surface area contributed by atoms with E-state index in [0.29, 0.717) is 5.69 Å². The van der Waals surface area contributed by atoms with Crippen LogP contribution >= 0.6 is 0 Å². The number of carbonyl (C=O) groups is 2. The molecule has 1 aromatic heterocycles. The topological polar surface area (TPSA) is 73.4 Å². The Morgan fingerprint density at radius 3 is 2.62 bits per heavy atom. The molecule has 3 rings (SSSR count). The first kappa shape index (κ1) is 13.7. The van der Waals surface area contributed by atoms with Gasteiger partial charge in [-0.25, -0.2) is 0 Å². The second-order valence-corrected chi connectivity index (χ2v) is 5.54. The summed E-state index contributed by atoms with van der Waals surface area (Å²) in [6.45, 7) is -0.237. The number of aromatic amines is 1. The van der Waals surface area contributed by atoms with Crippen LogP contribution in [0.1, 0.15) is 36.2 Å². The van der Waals surface area contributed by atoms with Gasteiger partial charge in [0.25, 0.3) is 5.91 Å². The molecule has 1 aromatic carbocycles. The number of hydrogen-bond donors (Lipinski definition) is 2. The Hall–Kier alpha value is -2.30. The van der Waals surface area contributed by atoms with Crippen LogP contribution in [0, 0.1) is 0 Å². The van der Waals surface area contributed by atoms with Crippen LogP contribution in [-0.2, 0) is 4.79 Å². The summed E-state index contributed by atoms with van der Waals surface area (Å²) in [5, 5.41) is 10.0. The van der Waals surface area contributed by atoms with Crippen molar-refractivity contribution >= 4 is 22.8 Å². The summed E-state index contributed by atoms with van der Waals surface area (Å²) in [4.78, 5) is 28.3. The van der Waals surface area contributed by atoms with Crippen molar-refractivity contribution in [3.05, 3.63) is 36.0 Å². The van der Waals surface area contributed by atoms with Crippen LogP contribution in [0.4, 0.5) is 0 Å². The SMILES string of the molecule is O=C(O)CN(C(=O)c1cc2ccccc2[nH]1)C1CCCC1. The zero-order valence-electron chi connectivity index (χ0n) is 11.7. The molecule has 110 valence electrons. The zero-order valence-corrected chi connectivity index (χ0v) is 11.7. The van der Waals surface area contributed by atoms with Gasteiger partial charge in [0.1, 0.15) is 12.2 Å². The fourth-order valence-corrected chi connectivity index (χ4v) is 3.07. The van der Waals surface area contributed by atoms with Gasteiger partial charge in [0, 0.05) is 16.9 Å². The number of benzene rings is 1. The number of amides is 1. The maximum atomic E-state index is 12.7. The van der Waals surface area contributed by atoms with Crippen LogP contribution < -0.4 is 0 Å². The Balaban J connectivity index is 1.90. The Morgan fingerprint density at radius 1 is 1.24 bits per heavy atom. The lowest BCUT2D eigenvalue weighted by Gasteiger charge is -2.26. The highest BCUT2D eigenvalue weighted by molar-refractivity contribution is 5.99. The highest BCUT2D eigenvalue weighted by Crippen LogP contribution is 2.25. The van der Waals surface area contributed by atoms with Crippen LogP contribution in [0.15, 0.2) is 30.3 Å². The summed E-state index contributed by atoms with van der Waals surface area (Å²) in [5.74, 6) is -1.19. The number of rotatable bonds is 4. The third kappa shape index (κ3) is 2.77. The molecule has 0 saturated heterocycles. The molecule has 1 aliphatic rings. The molecule has 1 heterocycles. The van der Waals surface area contributed by atoms with Gasteiger partial charge in [-0.2, -0.15) is 0 Å². The number of carboxylic acid groups (broad SMARTS) is 1. The van der Waals surface area contributed by atoms with E-state index in [-0.39, 0.29) is 18.5 Å². The third-order valence-corrected chi connectivity index (χ3v) is 4.09. The monoisotopic (exact) mass is 286 g/mol. The minimum atomic E-state index is -0.966. The maximum absolute atomic E-state index is 12.7. The first-order valence-electron chi connectivity index (χ1n) is 7.25. The third-order valence-electron chi connectivity index (χ3n) is 4.09. The lowest BCUT2D eigenvalue weighted by Crippen LogP contribution is -2.42. The van der Waals surface area contributed by atoms with Crippen molar-refractivity contribution < 1.29 is 14.7 Å². The lowest BCUT2D eigenvalue weighted by atomic mass is 10.2. The molecular weight excluding hydrogens is 268 g/mol. The molecule has 2 N–H and O–H groups in total. The maximum Gasteiger partial charge on any atom is 0.323 e. The first-order chi connectivity index (χ1) is 10.1. The summed E-state index contributed by atoms with van der Waals surface area (Å²) in [6, 6.07) is 9.49. The predicted octanol–water partition coefficient (Wildman–Crippen LogP) is 2.64. The van der Waals surface area contributed by atoms with E-state index in [9.17, 15) is 9.59 Å². The van der Waals surface area contributed by atoms with Gasteiger partial charge >= 0.3 is 5.97 Å². The molecule has 5 nitrogen and oxygen atoms in total. The van der Waals surface area contributed by atoms with Crippen molar-refractivity contribution in [1.82, 2.24) is 9.88 Å². The molecule has 0 radical (unpaired) electrons. The zero-order chi connectivity index (χ0) is 14.8. The molecule has 0 unspecified atom stereocenters. The average molecular weight is 286 g/mol. The smallest absolute Gasteiger partial charge is 0.323 e. The molecule has 0 aliphatic heterocycles. The fraction of sp³-hybridized carbons (Fsp3) is 0.375. The van der Waals surface area contributed by atoms with E-state index in [1.165, 1.54) is 4.90 Å². The van der Waals surface area contributed by atoms with Crippen molar-refractivity contribution in [2.45, 2.75) is 31.7 Å². The summed E-state index contributed by atoms with van der Waals surface area (Å²) < 4.78 is 0. The van der Waals surface area contributed by atoms with Gasteiger partial charge in [-0.15, -0.1) is 0 Å². The highest BCUT2D eigenvalue weighted by atomic mass is 16.4. The summed E-state index contributed by atoms with van der Waals surface area (Å²) in [6.07, 6.45) is 3.89. The van der Waals surface area contributed by atoms with Crippen LogP contribution in [0.2, 0.25) is 0 Å². The number of H-pyrrole nitrogens is 1. The molecule has 0 bridgehead atoms. The standard InChI is InChI=1S/C16H18N2O3/c19-15(20)10-18(12-6-2-3-7-12)16(21)14-9-11-5-1-4-8-13(11)17-14/h1,4-5,8-9,12,17H,2-3,6-7,10H2,(H,19,20). The minimum Gasteiger partial charge on any atom is -0.480 e. The minimum absolute atomic E-state index is 0.0417. The Labute approximate surface area is 122 Å². The second-order valence-electron chi connectivity index (χ2n) is 5.54. The van der Waals surface area contributed by atoms with Crippen molar-refractivity contribution in [1.29, 1.82) is 0 Å². The lowest BCUT2D eigenvalue weighted by molar-refractivity contribution is -0.138. The van der Waals surface area contributed by atoms with Crippen molar-refractivity contribution in [2.75, 3.05) is 6.54 Å². The van der Waals surface area contributed by atoms with Crippen LogP contribution in [-0.4, -0.2) is 39.5 Å². The number of nitrogens with zero attached hydrogens (tertiary/aromatic N) is 1. The van der Waals surface area contributed by atoms with Gasteiger partial charge in [0.15, 0.2) is 0 Å². The Bertz CT molecular complexity index is 638. The molecular formula is C16H18N2O3. The van der Waals surface area contributed by atoms with E-state index in [1.807, 2.05) is 24.3 Å². The molecule has 1 aliphatic carbocycles. The number of para-hydroxylation sites is 1. The fourth-order valence-electron chi connectivity index (χ4n) is 3.07. The quantitative estimate of drug-likeness (QED) is 0.907. The molecule has 5 heteroatoms. The average Bonchev–Trinajstić information content (AvgIpc) is 3.12. The van der Waals surface area contributed by atoms with E-state index in [1.54, 1.807) is 6.07 Å². The normalized spacial score (nSPS) is 15.4. The van der Waals surface area contributed by atoms with Crippen molar-refractivity contribution in [2.24, 2.45) is 0 Å². The number of carbonyl (C=O) groups excluding carboxylic acids is 1. The molecule has 1 amide bonds. The van der Waals surface area contributed by atoms with E-state index in [0.717, 1.165) is 36.6 Å². The highest BCUT2D eigenvalue weighted by Gasteiger charge is 2.29. The van der Waals surface area contributed by atoms with Gasteiger partial charge in [-0.05, 0) is 25.0 Å². The molecule has 1 saturated carbocycles. The van der Waals surface area contributed by atoms with E-state index < -0.39 is 5.97 Å². The molecule has 0 atom stereocenters. The number of fused-ring (bicyclic) bond motifs is 1. The first-order valence-corrected chi connectivity index (χ1v) is 7.25. The number of aliphatic carboxylic acids is 1. The van der Waals surface area contributed by atoms with Gasteiger partial charge in [-0.1, -0.05) is 31.0 Å². The number of hydrogen-bond acceptors (Lipinski definition) is 2. The Morgan fingerprint density at radius 2 is 1.95 bits per heavy atom. The van der Waals surface area contributed by atoms with Crippen molar-refractivity contribution in [3.8, 4) is 0 Å². The van der Waals surface area contributed by atoms with Crippen LogP contribution in [0.5, 0.6) is 0 Å².